The molecule has 0 bridgehead atoms. The van der Waals surface area contributed by atoms with Crippen LogP contribution in [0.4, 0.5) is 0 Å². The van der Waals surface area contributed by atoms with Gasteiger partial charge in [0.2, 0.25) is 0 Å². The van der Waals surface area contributed by atoms with Crippen LogP contribution in [0.15, 0.2) is 55.1 Å². The number of allylic oxidation sites excluding steroid dienone is 5. The summed E-state index contributed by atoms with van der Waals surface area (Å²) in [7, 11) is -1.41. The predicted molar refractivity (Wildman–Crippen MR) is 69.3 cm³/mol. The van der Waals surface area contributed by atoms with Gasteiger partial charge in [-0.25, -0.2) is 0 Å². The Balaban J connectivity index is 2.96. The molecule has 0 aliphatic carbocycles. The third-order valence-electron chi connectivity index (χ3n) is 2.27. The van der Waals surface area contributed by atoms with Gasteiger partial charge in [-0.1, -0.05) is 55.1 Å². The second-order valence-corrected chi connectivity index (χ2v) is 3.33. The summed E-state index contributed by atoms with van der Waals surface area (Å²) < 4.78 is 0. The van der Waals surface area contributed by atoms with E-state index in [1.807, 2.05) is 37.3 Å². The van der Waals surface area contributed by atoms with Gasteiger partial charge in [0.1, 0.15) is 0 Å². The Morgan fingerprint density at radius 1 is 1.25 bits per heavy atom. The van der Waals surface area contributed by atoms with Gasteiger partial charge in [-0.15, -0.1) is 0 Å². The highest BCUT2D eigenvalue weighted by molar-refractivity contribution is 6.58. The largest absolute Gasteiger partial charge is 0.488 e. The maximum Gasteiger partial charge on any atom is 0.488 e. The minimum absolute atomic E-state index is 0.493. The van der Waals surface area contributed by atoms with Crippen molar-refractivity contribution >= 4 is 18.2 Å². The van der Waals surface area contributed by atoms with Gasteiger partial charge in [-0.3, -0.25) is 0 Å². The lowest BCUT2D eigenvalue weighted by molar-refractivity contribution is 0.426. The molecule has 0 fully saturated rings. The number of hydrogen-bond donors (Lipinski definition) is 2. The molecule has 0 amide bonds. The average molecular weight is 214 g/mol. The van der Waals surface area contributed by atoms with Crippen LogP contribution in [0.3, 0.4) is 0 Å². The molecule has 82 valence electrons. The zero-order chi connectivity index (χ0) is 12.0. The zero-order valence-corrected chi connectivity index (χ0v) is 9.30. The van der Waals surface area contributed by atoms with Crippen molar-refractivity contribution < 1.29 is 10.0 Å². The average Bonchev–Trinajstić information content (AvgIpc) is 2.30. The summed E-state index contributed by atoms with van der Waals surface area (Å²) in [6, 6.07) is 7.12. The van der Waals surface area contributed by atoms with Gasteiger partial charge < -0.3 is 10.0 Å². The summed E-state index contributed by atoms with van der Waals surface area (Å²) in [4.78, 5) is 0. The summed E-state index contributed by atoms with van der Waals surface area (Å²) in [6.45, 7) is 5.57. The van der Waals surface area contributed by atoms with Crippen LogP contribution in [0.1, 0.15) is 12.5 Å². The summed E-state index contributed by atoms with van der Waals surface area (Å²) >= 11 is 0. The van der Waals surface area contributed by atoms with E-state index >= 15 is 0 Å². The molecule has 1 aromatic carbocycles. The topological polar surface area (TPSA) is 40.5 Å². The lowest BCUT2D eigenvalue weighted by atomic mass is 9.80. The minimum Gasteiger partial charge on any atom is -0.423 e. The van der Waals surface area contributed by atoms with Crippen molar-refractivity contribution in [1.29, 1.82) is 0 Å². The minimum atomic E-state index is -1.41. The van der Waals surface area contributed by atoms with E-state index in [2.05, 4.69) is 6.58 Å². The first-order valence-corrected chi connectivity index (χ1v) is 5.11. The van der Waals surface area contributed by atoms with Crippen LogP contribution in [-0.2, 0) is 0 Å². The smallest absolute Gasteiger partial charge is 0.423 e. The van der Waals surface area contributed by atoms with E-state index in [-0.39, 0.29) is 0 Å². The van der Waals surface area contributed by atoms with Crippen LogP contribution < -0.4 is 5.46 Å². The van der Waals surface area contributed by atoms with Gasteiger partial charge >= 0.3 is 7.12 Å². The second-order valence-electron chi connectivity index (χ2n) is 3.33. The van der Waals surface area contributed by atoms with Crippen LogP contribution in [0, 0.1) is 0 Å². The summed E-state index contributed by atoms with van der Waals surface area (Å²) in [6.07, 6.45) is 7.53. The fourth-order valence-electron chi connectivity index (χ4n) is 1.38. The van der Waals surface area contributed by atoms with Crippen molar-refractivity contribution in [3.05, 3.63) is 60.7 Å². The molecular formula is C13H15BO2. The van der Waals surface area contributed by atoms with Gasteiger partial charge in [0.15, 0.2) is 0 Å². The Labute approximate surface area is 96.4 Å². The molecule has 0 aliphatic heterocycles. The maximum absolute atomic E-state index is 8.97. The molecular weight excluding hydrogens is 199 g/mol. The molecule has 2 N–H and O–H groups in total. The van der Waals surface area contributed by atoms with Crippen molar-refractivity contribution in [2.45, 2.75) is 6.92 Å². The monoisotopic (exact) mass is 214 g/mol. The highest BCUT2D eigenvalue weighted by atomic mass is 16.4. The van der Waals surface area contributed by atoms with E-state index in [1.54, 1.807) is 18.2 Å². The fourth-order valence-corrected chi connectivity index (χ4v) is 1.38. The zero-order valence-electron chi connectivity index (χ0n) is 9.30. The number of benzene rings is 1. The molecule has 3 heteroatoms. The Bertz CT molecular complexity index is 402. The van der Waals surface area contributed by atoms with E-state index in [4.69, 9.17) is 10.0 Å². The molecule has 0 atom stereocenters. The molecule has 0 saturated heterocycles. The lowest BCUT2D eigenvalue weighted by Crippen LogP contribution is -2.29. The van der Waals surface area contributed by atoms with Crippen LogP contribution in [0.25, 0.3) is 5.57 Å². The van der Waals surface area contributed by atoms with E-state index in [0.29, 0.717) is 5.46 Å². The standard InChI is InChI=1S/C13H15BO2/c1-3-5-6-11(4-2)12-7-9-13(10-8-12)14(15)16/h3-10,15-16H,1H2,2H3/b6-5-,11-4+. The molecule has 0 radical (unpaired) electrons. The quantitative estimate of drug-likeness (QED) is 0.589. The Kier molecular flexibility index (Phi) is 4.77. The highest BCUT2D eigenvalue weighted by Crippen LogP contribution is 2.14. The maximum atomic E-state index is 8.97. The van der Waals surface area contributed by atoms with E-state index in [1.165, 1.54) is 0 Å². The third-order valence-corrected chi connectivity index (χ3v) is 2.27. The third kappa shape index (κ3) is 3.23. The fraction of sp³-hybridized carbons (Fsp3) is 0.0769. The Hall–Kier alpha value is -1.58. The van der Waals surface area contributed by atoms with Crippen molar-refractivity contribution in [3.63, 3.8) is 0 Å². The summed E-state index contributed by atoms with van der Waals surface area (Å²) in [5.74, 6) is 0. The first-order chi connectivity index (χ1) is 7.69. The van der Waals surface area contributed by atoms with Crippen molar-refractivity contribution in [2.75, 3.05) is 0 Å². The van der Waals surface area contributed by atoms with Crippen molar-refractivity contribution in [1.82, 2.24) is 0 Å². The molecule has 1 rings (SSSR count). The summed E-state index contributed by atoms with van der Waals surface area (Å²) in [5, 5.41) is 17.9. The molecule has 16 heavy (non-hydrogen) atoms. The molecule has 0 heterocycles. The van der Waals surface area contributed by atoms with Crippen LogP contribution in [0.5, 0.6) is 0 Å². The van der Waals surface area contributed by atoms with E-state index in [9.17, 15) is 0 Å². The molecule has 1 aromatic rings. The first kappa shape index (κ1) is 12.5. The SMILES string of the molecule is C=C/C=C\C(=C/C)c1ccc(B(O)O)cc1. The van der Waals surface area contributed by atoms with Crippen LogP contribution in [-0.4, -0.2) is 17.2 Å². The molecule has 2 nitrogen and oxygen atoms in total. The number of hydrogen-bond acceptors (Lipinski definition) is 2. The molecule has 0 aliphatic rings. The van der Waals surface area contributed by atoms with Crippen molar-refractivity contribution in [2.24, 2.45) is 0 Å². The number of rotatable bonds is 4. The van der Waals surface area contributed by atoms with Crippen molar-refractivity contribution in [3.8, 4) is 0 Å². The Morgan fingerprint density at radius 3 is 2.31 bits per heavy atom. The predicted octanol–water partition coefficient (Wildman–Crippen LogP) is 1.51. The summed E-state index contributed by atoms with van der Waals surface area (Å²) in [5.41, 5.74) is 2.59. The van der Waals surface area contributed by atoms with Gasteiger partial charge in [-0.05, 0) is 23.5 Å². The van der Waals surface area contributed by atoms with Gasteiger partial charge in [0.25, 0.3) is 0 Å². The first-order valence-electron chi connectivity index (χ1n) is 5.11. The molecule has 0 spiro atoms. The van der Waals surface area contributed by atoms with Gasteiger partial charge in [0, 0.05) is 0 Å². The van der Waals surface area contributed by atoms with Crippen LogP contribution >= 0.6 is 0 Å². The molecule has 0 unspecified atom stereocenters. The highest BCUT2D eigenvalue weighted by Gasteiger charge is 2.09. The van der Waals surface area contributed by atoms with Gasteiger partial charge in [-0.2, -0.15) is 0 Å². The molecule has 0 aromatic heterocycles. The van der Waals surface area contributed by atoms with E-state index in [0.717, 1.165) is 11.1 Å². The van der Waals surface area contributed by atoms with E-state index < -0.39 is 7.12 Å². The molecule has 0 saturated carbocycles. The normalized spacial score (nSPS) is 11.8. The Morgan fingerprint density at radius 2 is 1.88 bits per heavy atom. The van der Waals surface area contributed by atoms with Crippen LogP contribution in [0.2, 0.25) is 0 Å². The second kappa shape index (κ2) is 6.11. The van der Waals surface area contributed by atoms with Gasteiger partial charge in [0.05, 0.1) is 0 Å². The lowest BCUT2D eigenvalue weighted by Gasteiger charge is -2.04.